The van der Waals surface area contributed by atoms with Crippen LogP contribution in [0, 0.1) is 14.9 Å². The number of halogens is 3. The number of nitrogens with zero attached hydrogens (tertiary/aromatic N) is 1. The van der Waals surface area contributed by atoms with Crippen molar-refractivity contribution in [2.45, 2.75) is 13.3 Å². The molecule has 0 radical (unpaired) electrons. The average Bonchev–Trinajstić information content (AvgIpc) is 2.75. The third-order valence-electron chi connectivity index (χ3n) is 4.56. The van der Waals surface area contributed by atoms with Crippen molar-refractivity contribution in [2.24, 2.45) is 0 Å². The fourth-order valence-corrected chi connectivity index (χ4v) is 4.51. The van der Waals surface area contributed by atoms with Gasteiger partial charge in [-0.2, -0.15) is 5.26 Å². The van der Waals surface area contributed by atoms with Crippen LogP contribution in [-0.2, 0) is 11.2 Å². The molecule has 0 aliphatic carbocycles. The molecule has 0 saturated carbocycles. The van der Waals surface area contributed by atoms with Crippen LogP contribution in [-0.4, -0.2) is 12.5 Å². The van der Waals surface area contributed by atoms with Gasteiger partial charge in [0.15, 0.2) is 0 Å². The maximum Gasteiger partial charge on any atom is 0.266 e. The molecule has 0 atom stereocenters. The zero-order chi connectivity index (χ0) is 23.1. The van der Waals surface area contributed by atoms with E-state index in [0.717, 1.165) is 24.9 Å². The van der Waals surface area contributed by atoms with Crippen LogP contribution in [0.15, 0.2) is 70.7 Å². The van der Waals surface area contributed by atoms with Crippen LogP contribution < -0.4 is 10.1 Å². The average molecular weight is 622 g/mol. The second kappa shape index (κ2) is 11.5. The summed E-state index contributed by atoms with van der Waals surface area (Å²) in [7, 11) is 0. The summed E-state index contributed by atoms with van der Waals surface area (Å²) in [6.45, 7) is 2.43. The van der Waals surface area contributed by atoms with Crippen LogP contribution >= 0.6 is 50.1 Å². The van der Waals surface area contributed by atoms with Crippen molar-refractivity contribution in [3.05, 3.63) is 96.0 Å². The fraction of sp³-hybridized carbons (Fsp3) is 0.120. The number of anilines is 1. The second-order valence-corrected chi connectivity index (χ2v) is 9.27. The summed E-state index contributed by atoms with van der Waals surface area (Å²) in [6.07, 6.45) is 2.26. The monoisotopic (exact) mass is 620 g/mol. The molecule has 1 N–H and O–H groups in total. The molecule has 0 aromatic heterocycles. The van der Waals surface area contributed by atoms with E-state index in [9.17, 15) is 10.1 Å². The largest absolute Gasteiger partial charge is 0.494 e. The lowest BCUT2D eigenvalue weighted by molar-refractivity contribution is -0.112. The molecular weight excluding hydrogens is 603 g/mol. The molecule has 0 fully saturated rings. The van der Waals surface area contributed by atoms with Gasteiger partial charge in [-0.3, -0.25) is 4.79 Å². The number of benzene rings is 3. The summed E-state index contributed by atoms with van der Waals surface area (Å²) in [4.78, 5) is 12.6. The lowest BCUT2D eigenvalue weighted by Gasteiger charge is -2.15. The highest BCUT2D eigenvalue weighted by Crippen LogP contribution is 2.31. The number of nitrogens with one attached hydrogen (secondary N) is 1. The van der Waals surface area contributed by atoms with Crippen molar-refractivity contribution in [2.75, 3.05) is 11.9 Å². The summed E-state index contributed by atoms with van der Waals surface area (Å²) in [5.74, 6) is 0.231. The molecule has 3 aromatic rings. The first-order chi connectivity index (χ1) is 15.4. The Labute approximate surface area is 214 Å². The highest BCUT2D eigenvalue weighted by Gasteiger charge is 2.15. The summed E-state index contributed by atoms with van der Waals surface area (Å²) >= 11 is 11.8. The molecule has 4 nitrogen and oxygen atoms in total. The fourth-order valence-electron chi connectivity index (χ4n) is 3.08. The third-order valence-corrected chi connectivity index (χ3v) is 6.53. The third kappa shape index (κ3) is 6.35. The quantitative estimate of drug-likeness (QED) is 0.172. The molecule has 1 amide bonds. The lowest BCUT2D eigenvalue weighted by atomic mass is 10.0. The van der Waals surface area contributed by atoms with Crippen molar-refractivity contribution in [3.63, 3.8) is 0 Å². The lowest BCUT2D eigenvalue weighted by Crippen LogP contribution is -2.13. The van der Waals surface area contributed by atoms with Gasteiger partial charge >= 0.3 is 0 Å². The van der Waals surface area contributed by atoms with Gasteiger partial charge in [0, 0.05) is 30.7 Å². The number of amides is 1. The summed E-state index contributed by atoms with van der Waals surface area (Å²) in [6, 6.07) is 20.6. The van der Waals surface area contributed by atoms with Crippen molar-refractivity contribution in [1.82, 2.24) is 0 Å². The molecule has 0 heterocycles. The number of nitriles is 1. The summed E-state index contributed by atoms with van der Waals surface area (Å²) in [5, 5.41) is 12.8. The van der Waals surface area contributed by atoms with Gasteiger partial charge in [0.05, 0.1) is 6.61 Å². The molecule has 0 aliphatic rings. The van der Waals surface area contributed by atoms with Crippen molar-refractivity contribution in [1.29, 1.82) is 5.26 Å². The molecule has 0 spiro atoms. The van der Waals surface area contributed by atoms with Crippen molar-refractivity contribution >= 4 is 67.8 Å². The predicted octanol–water partition coefficient (Wildman–Crippen LogP) is 7.24. The molecular formula is C25H19BrClIN2O2. The molecule has 0 saturated heterocycles. The van der Waals surface area contributed by atoms with Crippen LogP contribution in [0.2, 0.25) is 5.02 Å². The van der Waals surface area contributed by atoms with Gasteiger partial charge in [-0.05, 0) is 83.1 Å². The van der Waals surface area contributed by atoms with E-state index in [-0.39, 0.29) is 5.57 Å². The number of ether oxygens (including phenoxy) is 1. The normalized spacial score (nSPS) is 11.0. The van der Waals surface area contributed by atoms with Gasteiger partial charge in [-0.1, -0.05) is 51.8 Å². The van der Waals surface area contributed by atoms with Crippen LogP contribution in [0.1, 0.15) is 23.6 Å². The zero-order valence-corrected chi connectivity index (χ0v) is 21.7. The standard InChI is InChI=1S/C25H19BrClIN2O2/c1-2-32-24-12-16(11-23(28)21(24)13-17-6-3-4-9-22(17)26)10-18(15-29)25(31)30-20-8-5-7-19(27)14-20/h3-12,14H,2,13H2,1H3,(H,30,31)/b18-10+. The Hall–Kier alpha value is -2.34. The van der Waals surface area contributed by atoms with E-state index in [4.69, 9.17) is 16.3 Å². The molecule has 0 aliphatic heterocycles. The van der Waals surface area contributed by atoms with E-state index in [1.165, 1.54) is 0 Å². The second-order valence-electron chi connectivity index (χ2n) is 6.81. The zero-order valence-electron chi connectivity index (χ0n) is 17.2. The van der Waals surface area contributed by atoms with E-state index in [1.807, 2.05) is 43.3 Å². The Bertz CT molecular complexity index is 1220. The first kappa shape index (κ1) is 24.3. The molecule has 32 heavy (non-hydrogen) atoms. The molecule has 0 unspecified atom stereocenters. The molecule has 0 bridgehead atoms. The first-order valence-electron chi connectivity index (χ1n) is 9.78. The minimum Gasteiger partial charge on any atom is -0.494 e. The maximum absolute atomic E-state index is 12.6. The molecule has 7 heteroatoms. The molecule has 162 valence electrons. The summed E-state index contributed by atoms with van der Waals surface area (Å²) in [5.41, 5.74) is 3.43. The van der Waals surface area contributed by atoms with Crippen LogP contribution in [0.5, 0.6) is 5.75 Å². The minimum atomic E-state index is -0.500. The Morgan fingerprint density at radius 1 is 1.22 bits per heavy atom. The number of hydrogen-bond acceptors (Lipinski definition) is 3. The van der Waals surface area contributed by atoms with Crippen molar-refractivity contribution < 1.29 is 9.53 Å². The smallest absolute Gasteiger partial charge is 0.266 e. The van der Waals surface area contributed by atoms with Crippen molar-refractivity contribution in [3.8, 4) is 11.8 Å². The van der Waals surface area contributed by atoms with Gasteiger partial charge in [-0.25, -0.2) is 0 Å². The van der Waals surface area contributed by atoms with Crippen LogP contribution in [0.4, 0.5) is 5.69 Å². The van der Waals surface area contributed by atoms with Gasteiger partial charge in [0.2, 0.25) is 0 Å². The number of hydrogen-bond donors (Lipinski definition) is 1. The van der Waals surface area contributed by atoms with Gasteiger partial charge in [0.25, 0.3) is 5.91 Å². The predicted molar refractivity (Wildman–Crippen MR) is 141 cm³/mol. The van der Waals surface area contributed by atoms with Gasteiger partial charge in [-0.15, -0.1) is 0 Å². The number of carbonyl (C=O) groups is 1. The SMILES string of the molecule is CCOc1cc(/C=C(\C#N)C(=O)Nc2cccc(Cl)c2)cc(I)c1Cc1ccccc1Br. The van der Waals surface area contributed by atoms with Crippen LogP contribution in [0.3, 0.4) is 0 Å². The van der Waals surface area contributed by atoms with E-state index in [0.29, 0.717) is 29.3 Å². The number of carbonyl (C=O) groups excluding carboxylic acids is 1. The molecule has 3 aromatic carbocycles. The van der Waals surface area contributed by atoms with Crippen LogP contribution in [0.25, 0.3) is 6.08 Å². The molecule has 3 rings (SSSR count). The minimum absolute atomic E-state index is 0.0122. The van der Waals surface area contributed by atoms with E-state index < -0.39 is 5.91 Å². The Balaban J connectivity index is 1.92. The van der Waals surface area contributed by atoms with E-state index >= 15 is 0 Å². The Morgan fingerprint density at radius 3 is 2.69 bits per heavy atom. The highest BCUT2D eigenvalue weighted by molar-refractivity contribution is 14.1. The topological polar surface area (TPSA) is 62.1 Å². The Morgan fingerprint density at radius 2 is 2.00 bits per heavy atom. The maximum atomic E-state index is 12.6. The Kier molecular flexibility index (Phi) is 8.74. The van der Waals surface area contributed by atoms with Gasteiger partial charge < -0.3 is 10.1 Å². The first-order valence-corrected chi connectivity index (χ1v) is 12.0. The highest BCUT2D eigenvalue weighted by atomic mass is 127. The van der Waals surface area contributed by atoms with E-state index in [1.54, 1.807) is 30.3 Å². The summed E-state index contributed by atoms with van der Waals surface area (Å²) < 4.78 is 7.93. The van der Waals surface area contributed by atoms with Gasteiger partial charge in [0.1, 0.15) is 17.4 Å². The number of rotatable bonds is 7. The van der Waals surface area contributed by atoms with E-state index in [2.05, 4.69) is 49.9 Å².